The fourth-order valence-corrected chi connectivity index (χ4v) is 3.88. The van der Waals surface area contributed by atoms with Crippen LogP contribution in [-0.4, -0.2) is 14.6 Å². The van der Waals surface area contributed by atoms with Crippen LogP contribution in [0.4, 0.5) is 0 Å². The number of ether oxygens (including phenoxy) is 1. The van der Waals surface area contributed by atoms with Gasteiger partial charge in [-0.2, -0.15) is 12.8 Å². The van der Waals surface area contributed by atoms with Crippen LogP contribution in [0.1, 0.15) is 11.1 Å². The van der Waals surface area contributed by atoms with Crippen LogP contribution < -0.4 is 4.74 Å². The predicted molar refractivity (Wildman–Crippen MR) is 96.3 cm³/mol. The fourth-order valence-electron chi connectivity index (χ4n) is 2.04. The summed E-state index contributed by atoms with van der Waals surface area (Å²) in [7, 11) is -3.67. The Labute approximate surface area is 145 Å². The molecular weight excluding hydrogens is 342 g/mol. The van der Waals surface area contributed by atoms with Gasteiger partial charge in [0.2, 0.25) is 0 Å². The van der Waals surface area contributed by atoms with Gasteiger partial charge in [-0.05, 0) is 29.1 Å². The number of para-hydroxylation sites is 1. The van der Waals surface area contributed by atoms with Crippen molar-refractivity contribution in [3.8, 4) is 5.75 Å². The minimum Gasteiger partial charge on any atom is -0.488 e. The summed E-state index contributed by atoms with van der Waals surface area (Å²) in [6.45, 7) is 0.406. The van der Waals surface area contributed by atoms with Crippen molar-refractivity contribution >= 4 is 27.6 Å². The first-order valence-corrected chi connectivity index (χ1v) is 9.57. The van der Waals surface area contributed by atoms with Gasteiger partial charge in [0, 0.05) is 5.56 Å². The van der Waals surface area contributed by atoms with Crippen LogP contribution in [0, 0.1) is 0 Å². The molecule has 0 saturated heterocycles. The van der Waals surface area contributed by atoms with Gasteiger partial charge in [-0.15, -0.1) is 11.3 Å². The SMILES string of the molecule is O=S(=O)(/N=C\c1ccccc1OCc1ccccc1)c1cccs1. The van der Waals surface area contributed by atoms with Crippen molar-refractivity contribution in [1.82, 2.24) is 0 Å². The zero-order valence-electron chi connectivity index (χ0n) is 12.7. The molecule has 0 bridgehead atoms. The Balaban J connectivity index is 1.78. The van der Waals surface area contributed by atoms with Crippen LogP contribution >= 0.6 is 11.3 Å². The minimum absolute atomic E-state index is 0.224. The van der Waals surface area contributed by atoms with E-state index < -0.39 is 10.0 Å². The van der Waals surface area contributed by atoms with E-state index in [1.165, 1.54) is 12.3 Å². The van der Waals surface area contributed by atoms with E-state index in [9.17, 15) is 8.42 Å². The number of rotatable bonds is 6. The molecule has 0 saturated carbocycles. The molecule has 24 heavy (non-hydrogen) atoms. The molecular formula is C18H15NO3S2. The summed E-state index contributed by atoms with van der Waals surface area (Å²) in [5, 5.41) is 1.71. The van der Waals surface area contributed by atoms with Crippen molar-refractivity contribution in [3.05, 3.63) is 83.2 Å². The van der Waals surface area contributed by atoms with E-state index in [0.717, 1.165) is 16.9 Å². The molecule has 122 valence electrons. The number of sulfonamides is 1. The molecule has 0 unspecified atom stereocenters. The standard InChI is InChI=1S/C18H15NO3S2/c20-24(21,18-11-6-12-23-18)19-13-16-9-4-5-10-17(16)22-14-15-7-2-1-3-8-15/h1-13H,14H2/b19-13-. The Hall–Kier alpha value is -2.44. The van der Waals surface area contributed by atoms with Crippen molar-refractivity contribution in [2.45, 2.75) is 10.8 Å². The molecule has 2 aromatic carbocycles. The molecule has 1 aromatic heterocycles. The van der Waals surface area contributed by atoms with E-state index in [4.69, 9.17) is 4.74 Å². The normalized spacial score (nSPS) is 11.7. The number of hydrogen-bond acceptors (Lipinski definition) is 4. The lowest BCUT2D eigenvalue weighted by Gasteiger charge is -2.08. The van der Waals surface area contributed by atoms with Crippen LogP contribution in [-0.2, 0) is 16.6 Å². The smallest absolute Gasteiger partial charge is 0.291 e. The molecule has 1 heterocycles. The van der Waals surface area contributed by atoms with E-state index in [2.05, 4.69) is 4.40 Å². The number of benzene rings is 2. The highest BCUT2D eigenvalue weighted by Crippen LogP contribution is 2.21. The average Bonchev–Trinajstić information content (AvgIpc) is 3.15. The Morgan fingerprint density at radius 3 is 2.46 bits per heavy atom. The van der Waals surface area contributed by atoms with E-state index in [0.29, 0.717) is 17.9 Å². The molecule has 0 radical (unpaired) electrons. The van der Waals surface area contributed by atoms with Crippen LogP contribution in [0.15, 0.2) is 80.7 Å². The summed E-state index contributed by atoms with van der Waals surface area (Å²) in [6, 6.07) is 20.2. The van der Waals surface area contributed by atoms with Crippen LogP contribution in [0.3, 0.4) is 0 Å². The first kappa shape index (κ1) is 16.4. The van der Waals surface area contributed by atoms with E-state index in [1.54, 1.807) is 23.6 Å². The van der Waals surface area contributed by atoms with Crippen molar-refractivity contribution in [2.75, 3.05) is 0 Å². The van der Waals surface area contributed by atoms with Crippen molar-refractivity contribution in [3.63, 3.8) is 0 Å². The fraction of sp³-hybridized carbons (Fsp3) is 0.0556. The molecule has 0 aliphatic rings. The number of hydrogen-bond donors (Lipinski definition) is 0. The lowest BCUT2D eigenvalue weighted by Crippen LogP contribution is -1.99. The summed E-state index contributed by atoms with van der Waals surface area (Å²) >= 11 is 1.14. The Kier molecular flexibility index (Phi) is 5.08. The first-order valence-electron chi connectivity index (χ1n) is 7.25. The molecule has 3 aromatic rings. The van der Waals surface area contributed by atoms with Gasteiger partial charge in [-0.25, -0.2) is 0 Å². The summed E-state index contributed by atoms with van der Waals surface area (Å²) in [5.74, 6) is 0.589. The third-order valence-electron chi connectivity index (χ3n) is 3.24. The Bertz CT molecular complexity index is 918. The van der Waals surface area contributed by atoms with Gasteiger partial charge >= 0.3 is 0 Å². The third-order valence-corrected chi connectivity index (χ3v) is 5.85. The topological polar surface area (TPSA) is 55.7 Å². The second-order valence-corrected chi connectivity index (χ2v) is 7.76. The highest BCUT2D eigenvalue weighted by atomic mass is 32.2. The average molecular weight is 357 g/mol. The van der Waals surface area contributed by atoms with Gasteiger partial charge in [-0.1, -0.05) is 48.5 Å². The number of nitrogens with zero attached hydrogens (tertiary/aromatic N) is 1. The molecule has 0 fully saturated rings. The lowest BCUT2D eigenvalue weighted by molar-refractivity contribution is 0.306. The van der Waals surface area contributed by atoms with Crippen molar-refractivity contribution < 1.29 is 13.2 Å². The van der Waals surface area contributed by atoms with Gasteiger partial charge in [0.25, 0.3) is 10.0 Å². The van der Waals surface area contributed by atoms with Gasteiger partial charge in [0.05, 0.1) is 6.21 Å². The monoisotopic (exact) mass is 357 g/mol. The second-order valence-electron chi connectivity index (χ2n) is 4.95. The molecule has 6 heteroatoms. The molecule has 0 aliphatic carbocycles. The van der Waals surface area contributed by atoms with Crippen LogP contribution in [0.5, 0.6) is 5.75 Å². The number of thiophene rings is 1. The summed E-state index contributed by atoms with van der Waals surface area (Å²) in [6.07, 6.45) is 1.33. The maximum atomic E-state index is 12.1. The molecule has 0 aliphatic heterocycles. The highest BCUT2D eigenvalue weighted by molar-refractivity contribution is 7.92. The van der Waals surface area contributed by atoms with Gasteiger partial charge in [-0.3, -0.25) is 0 Å². The van der Waals surface area contributed by atoms with Gasteiger partial charge in [0.1, 0.15) is 16.6 Å². The van der Waals surface area contributed by atoms with E-state index >= 15 is 0 Å². The first-order chi connectivity index (χ1) is 11.6. The molecule has 0 spiro atoms. The lowest BCUT2D eigenvalue weighted by atomic mass is 10.2. The summed E-state index contributed by atoms with van der Waals surface area (Å²) < 4.78 is 34.0. The summed E-state index contributed by atoms with van der Waals surface area (Å²) in [4.78, 5) is 0. The maximum absolute atomic E-state index is 12.1. The second kappa shape index (κ2) is 7.42. The van der Waals surface area contributed by atoms with Crippen molar-refractivity contribution in [1.29, 1.82) is 0 Å². The Morgan fingerprint density at radius 2 is 1.71 bits per heavy atom. The quantitative estimate of drug-likeness (QED) is 0.623. The van der Waals surface area contributed by atoms with Crippen molar-refractivity contribution in [2.24, 2.45) is 4.40 Å². The summed E-state index contributed by atoms with van der Waals surface area (Å²) in [5.41, 5.74) is 1.66. The van der Waals surface area contributed by atoms with E-state index in [-0.39, 0.29) is 4.21 Å². The molecule has 3 rings (SSSR count). The molecule has 0 N–H and O–H groups in total. The van der Waals surface area contributed by atoms with E-state index in [1.807, 2.05) is 42.5 Å². The largest absolute Gasteiger partial charge is 0.488 e. The predicted octanol–water partition coefficient (Wildman–Crippen LogP) is 4.13. The van der Waals surface area contributed by atoms with Gasteiger partial charge < -0.3 is 4.74 Å². The van der Waals surface area contributed by atoms with Gasteiger partial charge in [0.15, 0.2) is 0 Å². The van der Waals surface area contributed by atoms with Crippen LogP contribution in [0.25, 0.3) is 0 Å². The minimum atomic E-state index is -3.67. The molecule has 0 amide bonds. The molecule has 0 atom stereocenters. The zero-order valence-corrected chi connectivity index (χ0v) is 14.3. The highest BCUT2D eigenvalue weighted by Gasteiger charge is 2.12. The van der Waals surface area contributed by atoms with Crippen LogP contribution in [0.2, 0.25) is 0 Å². The Morgan fingerprint density at radius 1 is 0.958 bits per heavy atom. The zero-order chi connectivity index (χ0) is 16.8. The third kappa shape index (κ3) is 4.10. The molecule has 4 nitrogen and oxygen atoms in total. The maximum Gasteiger partial charge on any atom is 0.291 e.